The van der Waals surface area contributed by atoms with Crippen molar-refractivity contribution in [1.29, 1.82) is 0 Å². The monoisotopic (exact) mass is 258 g/mol. The van der Waals surface area contributed by atoms with E-state index in [1.807, 2.05) is 6.92 Å². The summed E-state index contributed by atoms with van der Waals surface area (Å²) in [6, 6.07) is 4.42. The molecule has 0 aliphatic rings. The zero-order valence-corrected chi connectivity index (χ0v) is 10.5. The lowest BCUT2D eigenvalue weighted by atomic mass is 10.2. The Morgan fingerprint density at radius 3 is 2.94 bits per heavy atom. The SMILES string of the molecule is CCNC(=O)CCNCc1cc(Cl)ccc1F. The van der Waals surface area contributed by atoms with Gasteiger partial charge in [0.15, 0.2) is 0 Å². The molecule has 1 amide bonds. The third kappa shape index (κ3) is 5.15. The molecule has 0 heterocycles. The molecule has 0 aromatic heterocycles. The molecule has 0 spiro atoms. The van der Waals surface area contributed by atoms with E-state index in [0.29, 0.717) is 36.6 Å². The number of rotatable bonds is 6. The predicted molar refractivity (Wildman–Crippen MR) is 66.4 cm³/mol. The Hall–Kier alpha value is -1.13. The highest BCUT2D eigenvalue weighted by atomic mass is 35.5. The van der Waals surface area contributed by atoms with Gasteiger partial charge in [-0.3, -0.25) is 4.79 Å². The molecule has 0 saturated heterocycles. The summed E-state index contributed by atoms with van der Waals surface area (Å²) in [5, 5.41) is 6.20. The van der Waals surface area contributed by atoms with E-state index in [4.69, 9.17) is 11.6 Å². The second-order valence-corrected chi connectivity index (χ2v) is 4.05. The first-order valence-electron chi connectivity index (χ1n) is 5.54. The maximum absolute atomic E-state index is 13.3. The zero-order chi connectivity index (χ0) is 12.7. The Kier molecular flexibility index (Phi) is 5.94. The molecule has 0 radical (unpaired) electrons. The number of carbonyl (C=O) groups is 1. The first kappa shape index (κ1) is 13.9. The number of halogens is 2. The minimum atomic E-state index is -0.292. The Morgan fingerprint density at radius 2 is 2.24 bits per heavy atom. The van der Waals surface area contributed by atoms with Crippen LogP contribution in [0.3, 0.4) is 0 Å². The molecular formula is C12H16ClFN2O. The number of carbonyl (C=O) groups excluding carboxylic acids is 1. The summed E-state index contributed by atoms with van der Waals surface area (Å²) >= 11 is 5.76. The molecule has 0 atom stereocenters. The van der Waals surface area contributed by atoms with Crippen LogP contribution in [0.4, 0.5) is 4.39 Å². The van der Waals surface area contributed by atoms with Crippen LogP contribution in [0.5, 0.6) is 0 Å². The van der Waals surface area contributed by atoms with Gasteiger partial charge in [0.1, 0.15) is 5.82 Å². The van der Waals surface area contributed by atoms with E-state index in [2.05, 4.69) is 10.6 Å². The van der Waals surface area contributed by atoms with Gasteiger partial charge >= 0.3 is 0 Å². The summed E-state index contributed by atoms with van der Waals surface area (Å²) in [5.74, 6) is -0.300. The van der Waals surface area contributed by atoms with Crippen molar-refractivity contribution in [3.05, 3.63) is 34.6 Å². The molecule has 1 aromatic rings. The lowest BCUT2D eigenvalue weighted by Crippen LogP contribution is -2.27. The first-order chi connectivity index (χ1) is 8.13. The van der Waals surface area contributed by atoms with Crippen LogP contribution in [0.1, 0.15) is 18.9 Å². The second kappa shape index (κ2) is 7.25. The average molecular weight is 259 g/mol. The summed E-state index contributed by atoms with van der Waals surface area (Å²) in [5.41, 5.74) is 0.508. The largest absolute Gasteiger partial charge is 0.356 e. The van der Waals surface area contributed by atoms with Crippen LogP contribution < -0.4 is 10.6 Å². The van der Waals surface area contributed by atoms with E-state index in [9.17, 15) is 9.18 Å². The molecule has 1 aromatic carbocycles. The molecule has 17 heavy (non-hydrogen) atoms. The van der Waals surface area contributed by atoms with E-state index in [1.165, 1.54) is 12.1 Å². The van der Waals surface area contributed by atoms with E-state index in [-0.39, 0.29) is 11.7 Å². The van der Waals surface area contributed by atoms with E-state index in [1.54, 1.807) is 6.07 Å². The predicted octanol–water partition coefficient (Wildman–Crippen LogP) is 2.09. The van der Waals surface area contributed by atoms with Crippen molar-refractivity contribution in [3.63, 3.8) is 0 Å². The lowest BCUT2D eigenvalue weighted by Gasteiger charge is -2.06. The summed E-state index contributed by atoms with van der Waals surface area (Å²) in [6.45, 7) is 3.37. The Labute approximate surface area is 105 Å². The van der Waals surface area contributed by atoms with Crippen molar-refractivity contribution in [2.45, 2.75) is 19.9 Å². The van der Waals surface area contributed by atoms with Crippen molar-refractivity contribution in [3.8, 4) is 0 Å². The van der Waals surface area contributed by atoms with Gasteiger partial charge in [-0.15, -0.1) is 0 Å². The second-order valence-electron chi connectivity index (χ2n) is 3.62. The topological polar surface area (TPSA) is 41.1 Å². The zero-order valence-electron chi connectivity index (χ0n) is 9.72. The highest BCUT2D eigenvalue weighted by Crippen LogP contribution is 2.14. The Balaban J connectivity index is 2.31. The number of benzene rings is 1. The number of hydrogen-bond donors (Lipinski definition) is 2. The van der Waals surface area contributed by atoms with Gasteiger partial charge in [-0.2, -0.15) is 0 Å². The molecule has 1 rings (SSSR count). The molecule has 0 bridgehead atoms. The van der Waals surface area contributed by atoms with Gasteiger partial charge in [0.05, 0.1) is 0 Å². The maximum atomic E-state index is 13.3. The van der Waals surface area contributed by atoms with Crippen LogP contribution in [-0.4, -0.2) is 19.0 Å². The Morgan fingerprint density at radius 1 is 1.47 bits per heavy atom. The quantitative estimate of drug-likeness (QED) is 0.768. The molecule has 94 valence electrons. The van der Waals surface area contributed by atoms with E-state index >= 15 is 0 Å². The van der Waals surface area contributed by atoms with Crippen LogP contribution in [0.25, 0.3) is 0 Å². The number of amides is 1. The fraction of sp³-hybridized carbons (Fsp3) is 0.417. The third-order valence-electron chi connectivity index (χ3n) is 2.23. The smallest absolute Gasteiger partial charge is 0.221 e. The van der Waals surface area contributed by atoms with Gasteiger partial charge in [-0.25, -0.2) is 4.39 Å². The molecule has 0 saturated carbocycles. The highest BCUT2D eigenvalue weighted by Gasteiger charge is 2.03. The van der Waals surface area contributed by atoms with Crippen LogP contribution >= 0.6 is 11.6 Å². The van der Waals surface area contributed by atoms with Crippen LogP contribution in [0.15, 0.2) is 18.2 Å². The third-order valence-corrected chi connectivity index (χ3v) is 2.46. The molecule has 5 heteroatoms. The summed E-state index contributed by atoms with van der Waals surface area (Å²) in [4.78, 5) is 11.1. The maximum Gasteiger partial charge on any atom is 0.221 e. The normalized spacial score (nSPS) is 10.3. The first-order valence-corrected chi connectivity index (χ1v) is 5.92. The highest BCUT2D eigenvalue weighted by molar-refractivity contribution is 6.30. The molecule has 0 fully saturated rings. The molecule has 2 N–H and O–H groups in total. The minimum Gasteiger partial charge on any atom is -0.356 e. The molecular weight excluding hydrogens is 243 g/mol. The fourth-order valence-electron chi connectivity index (χ4n) is 1.39. The van der Waals surface area contributed by atoms with Gasteiger partial charge in [-0.1, -0.05) is 11.6 Å². The number of hydrogen-bond acceptors (Lipinski definition) is 2. The van der Waals surface area contributed by atoms with Crippen molar-refractivity contribution in [2.24, 2.45) is 0 Å². The van der Waals surface area contributed by atoms with Crippen molar-refractivity contribution < 1.29 is 9.18 Å². The molecule has 0 aliphatic heterocycles. The standard InChI is InChI=1S/C12H16ClFN2O/c1-2-16-12(17)5-6-15-8-9-7-10(13)3-4-11(9)14/h3-4,7,15H,2,5-6,8H2,1H3,(H,16,17). The number of nitrogens with one attached hydrogen (secondary N) is 2. The van der Waals surface area contributed by atoms with E-state index < -0.39 is 0 Å². The molecule has 3 nitrogen and oxygen atoms in total. The van der Waals surface area contributed by atoms with Crippen LogP contribution in [-0.2, 0) is 11.3 Å². The van der Waals surface area contributed by atoms with Crippen molar-refractivity contribution in [1.82, 2.24) is 10.6 Å². The van der Waals surface area contributed by atoms with Crippen molar-refractivity contribution in [2.75, 3.05) is 13.1 Å². The van der Waals surface area contributed by atoms with Crippen LogP contribution in [0.2, 0.25) is 5.02 Å². The van der Waals surface area contributed by atoms with Gasteiger partial charge in [0.2, 0.25) is 5.91 Å². The van der Waals surface area contributed by atoms with Gasteiger partial charge < -0.3 is 10.6 Å². The van der Waals surface area contributed by atoms with Gasteiger partial charge in [0, 0.05) is 36.6 Å². The van der Waals surface area contributed by atoms with Gasteiger partial charge in [0.25, 0.3) is 0 Å². The Bertz CT molecular complexity index is 385. The summed E-state index contributed by atoms with van der Waals surface area (Å²) in [7, 11) is 0. The minimum absolute atomic E-state index is 0.00781. The van der Waals surface area contributed by atoms with Gasteiger partial charge in [-0.05, 0) is 25.1 Å². The summed E-state index contributed by atoms with van der Waals surface area (Å²) < 4.78 is 13.3. The fourth-order valence-corrected chi connectivity index (χ4v) is 1.58. The average Bonchev–Trinajstić information content (AvgIpc) is 2.29. The molecule has 0 unspecified atom stereocenters. The molecule has 0 aliphatic carbocycles. The van der Waals surface area contributed by atoms with Crippen molar-refractivity contribution >= 4 is 17.5 Å². The van der Waals surface area contributed by atoms with Crippen LogP contribution in [0, 0.1) is 5.82 Å². The lowest BCUT2D eigenvalue weighted by molar-refractivity contribution is -0.120. The van der Waals surface area contributed by atoms with E-state index in [0.717, 1.165) is 0 Å². The summed E-state index contributed by atoms with van der Waals surface area (Å²) in [6.07, 6.45) is 0.385.